The van der Waals surface area contributed by atoms with Gasteiger partial charge in [0.2, 0.25) is 5.88 Å². The zero-order valence-corrected chi connectivity index (χ0v) is 9.05. The van der Waals surface area contributed by atoms with Crippen LogP contribution in [0.1, 0.15) is 19.8 Å². The Morgan fingerprint density at radius 3 is 2.75 bits per heavy atom. The summed E-state index contributed by atoms with van der Waals surface area (Å²) in [5.74, 6) is 0.206. The van der Waals surface area contributed by atoms with Crippen LogP contribution in [-0.2, 0) is 4.74 Å². The molecule has 0 aliphatic carbocycles. The van der Waals surface area contributed by atoms with Gasteiger partial charge in [0, 0.05) is 18.7 Å². The lowest BCUT2D eigenvalue weighted by atomic mass is 9.97. The fraction of sp³-hybridized carbons (Fsp3) is 0.700. The number of nitrogens with two attached hydrogens (primary N) is 1. The number of aliphatic imine (C=N–C) groups is 1. The SMILES string of the molecule is CCC1=C(OCC(F)(F)F)N=CC(CN)C1. The molecule has 2 N–H and O–H groups in total. The lowest BCUT2D eigenvalue weighted by Gasteiger charge is -2.20. The van der Waals surface area contributed by atoms with Gasteiger partial charge in [-0.2, -0.15) is 13.2 Å². The van der Waals surface area contributed by atoms with E-state index in [-0.39, 0.29) is 11.8 Å². The first-order valence-corrected chi connectivity index (χ1v) is 5.12. The van der Waals surface area contributed by atoms with Crippen molar-refractivity contribution in [3.05, 3.63) is 11.5 Å². The van der Waals surface area contributed by atoms with Crippen molar-refractivity contribution in [2.24, 2.45) is 16.6 Å². The third kappa shape index (κ3) is 3.84. The van der Waals surface area contributed by atoms with Gasteiger partial charge in [-0.3, -0.25) is 0 Å². The van der Waals surface area contributed by atoms with Crippen molar-refractivity contribution >= 4 is 6.21 Å². The van der Waals surface area contributed by atoms with E-state index in [0.29, 0.717) is 19.4 Å². The molecule has 1 aliphatic heterocycles. The first-order valence-electron chi connectivity index (χ1n) is 5.12. The molecule has 3 nitrogen and oxygen atoms in total. The minimum atomic E-state index is -4.33. The first kappa shape index (κ1) is 13.0. The Hall–Kier alpha value is -1.04. The molecule has 0 saturated carbocycles. The van der Waals surface area contributed by atoms with E-state index in [1.165, 1.54) is 0 Å². The standard InChI is InChI=1S/C10H15F3N2O/c1-2-8-3-7(4-14)5-15-9(8)16-6-10(11,12)13/h5,7H,2-4,6,14H2,1H3. The van der Waals surface area contributed by atoms with Crippen LogP contribution in [0.3, 0.4) is 0 Å². The van der Waals surface area contributed by atoms with Gasteiger partial charge in [0.15, 0.2) is 6.61 Å². The molecular formula is C10H15F3N2O. The molecular weight excluding hydrogens is 221 g/mol. The number of halogens is 3. The summed E-state index contributed by atoms with van der Waals surface area (Å²) in [7, 11) is 0. The Kier molecular flexibility index (Phi) is 4.35. The molecule has 0 radical (unpaired) electrons. The van der Waals surface area contributed by atoms with Crippen molar-refractivity contribution in [3.63, 3.8) is 0 Å². The van der Waals surface area contributed by atoms with Crippen LogP contribution in [0.4, 0.5) is 13.2 Å². The van der Waals surface area contributed by atoms with E-state index < -0.39 is 12.8 Å². The van der Waals surface area contributed by atoms with Crippen molar-refractivity contribution in [2.75, 3.05) is 13.2 Å². The van der Waals surface area contributed by atoms with Gasteiger partial charge in [-0.1, -0.05) is 6.92 Å². The Balaban J connectivity index is 2.63. The summed E-state index contributed by atoms with van der Waals surface area (Å²) >= 11 is 0. The Bertz CT molecular complexity index is 297. The number of allylic oxidation sites excluding steroid dienone is 1. The van der Waals surface area contributed by atoms with E-state index >= 15 is 0 Å². The van der Waals surface area contributed by atoms with Crippen LogP contribution in [0.2, 0.25) is 0 Å². The first-order chi connectivity index (χ1) is 7.46. The monoisotopic (exact) mass is 236 g/mol. The van der Waals surface area contributed by atoms with Crippen LogP contribution in [0.25, 0.3) is 0 Å². The normalized spacial score (nSPS) is 21.4. The summed E-state index contributed by atoms with van der Waals surface area (Å²) in [4.78, 5) is 3.89. The molecule has 6 heteroatoms. The molecule has 0 bridgehead atoms. The lowest BCUT2D eigenvalue weighted by Crippen LogP contribution is -2.22. The Labute approximate surface area is 92.2 Å². The van der Waals surface area contributed by atoms with E-state index in [1.807, 2.05) is 6.92 Å². The average Bonchev–Trinajstić information content (AvgIpc) is 2.25. The van der Waals surface area contributed by atoms with Crippen LogP contribution in [-0.4, -0.2) is 25.5 Å². The third-order valence-corrected chi connectivity index (χ3v) is 2.32. The van der Waals surface area contributed by atoms with Crippen LogP contribution in [0.5, 0.6) is 0 Å². The summed E-state index contributed by atoms with van der Waals surface area (Å²) in [6.45, 7) is 1.01. The largest absolute Gasteiger partial charge is 0.468 e. The highest BCUT2D eigenvalue weighted by molar-refractivity contribution is 5.64. The molecule has 1 heterocycles. The number of alkyl halides is 3. The van der Waals surface area contributed by atoms with Gasteiger partial charge in [0.25, 0.3) is 0 Å². The summed E-state index contributed by atoms with van der Waals surface area (Å²) < 4.78 is 40.6. The van der Waals surface area contributed by atoms with E-state index in [0.717, 1.165) is 5.57 Å². The molecule has 92 valence electrons. The van der Waals surface area contributed by atoms with Crippen LogP contribution < -0.4 is 5.73 Å². The predicted octanol–water partition coefficient (Wildman–Crippen LogP) is 2.24. The zero-order chi connectivity index (χ0) is 12.2. The van der Waals surface area contributed by atoms with Crippen LogP contribution in [0.15, 0.2) is 16.4 Å². The molecule has 1 atom stereocenters. The van der Waals surface area contributed by atoms with Crippen molar-refractivity contribution in [2.45, 2.75) is 25.9 Å². The van der Waals surface area contributed by atoms with Gasteiger partial charge >= 0.3 is 6.18 Å². The predicted molar refractivity (Wildman–Crippen MR) is 55.0 cm³/mol. The molecule has 1 aliphatic rings. The summed E-state index contributed by atoms with van der Waals surface area (Å²) in [5.41, 5.74) is 6.27. The van der Waals surface area contributed by atoms with Gasteiger partial charge < -0.3 is 10.5 Å². The second kappa shape index (κ2) is 5.34. The number of nitrogens with zero attached hydrogens (tertiary/aromatic N) is 1. The number of hydrogen-bond acceptors (Lipinski definition) is 3. The van der Waals surface area contributed by atoms with E-state index in [4.69, 9.17) is 5.73 Å². The maximum Gasteiger partial charge on any atom is 0.422 e. The van der Waals surface area contributed by atoms with Gasteiger partial charge in [-0.25, -0.2) is 4.99 Å². The molecule has 0 aromatic heterocycles. The average molecular weight is 236 g/mol. The van der Waals surface area contributed by atoms with Crippen molar-refractivity contribution in [1.82, 2.24) is 0 Å². The quantitative estimate of drug-likeness (QED) is 0.813. The fourth-order valence-electron chi connectivity index (χ4n) is 1.45. The number of ether oxygens (including phenoxy) is 1. The topological polar surface area (TPSA) is 47.6 Å². The van der Waals surface area contributed by atoms with Gasteiger partial charge in [0.05, 0.1) is 0 Å². The fourth-order valence-corrected chi connectivity index (χ4v) is 1.45. The highest BCUT2D eigenvalue weighted by Gasteiger charge is 2.29. The van der Waals surface area contributed by atoms with Gasteiger partial charge in [0.1, 0.15) is 0 Å². The smallest absolute Gasteiger partial charge is 0.422 e. The van der Waals surface area contributed by atoms with Crippen molar-refractivity contribution in [1.29, 1.82) is 0 Å². The van der Waals surface area contributed by atoms with Crippen LogP contribution >= 0.6 is 0 Å². The van der Waals surface area contributed by atoms with E-state index in [1.54, 1.807) is 6.21 Å². The Morgan fingerprint density at radius 1 is 1.56 bits per heavy atom. The molecule has 0 spiro atoms. The minimum absolute atomic E-state index is 0.101. The third-order valence-electron chi connectivity index (χ3n) is 2.32. The van der Waals surface area contributed by atoms with Crippen molar-refractivity contribution in [3.8, 4) is 0 Å². The molecule has 0 aromatic rings. The summed E-state index contributed by atoms with van der Waals surface area (Å²) in [6.07, 6.45) is -1.51. The number of rotatable bonds is 4. The second-order valence-corrected chi connectivity index (χ2v) is 3.64. The molecule has 1 unspecified atom stereocenters. The Morgan fingerprint density at radius 2 is 2.25 bits per heavy atom. The second-order valence-electron chi connectivity index (χ2n) is 3.64. The molecule has 0 amide bonds. The molecule has 0 saturated heterocycles. The minimum Gasteiger partial charge on any atom is -0.468 e. The summed E-state index contributed by atoms with van der Waals surface area (Å²) in [5, 5.41) is 0. The molecule has 0 aromatic carbocycles. The van der Waals surface area contributed by atoms with Crippen molar-refractivity contribution < 1.29 is 17.9 Å². The zero-order valence-electron chi connectivity index (χ0n) is 9.05. The van der Waals surface area contributed by atoms with Crippen LogP contribution in [0, 0.1) is 5.92 Å². The van der Waals surface area contributed by atoms with E-state index in [9.17, 15) is 13.2 Å². The lowest BCUT2D eigenvalue weighted by molar-refractivity contribution is -0.165. The summed E-state index contributed by atoms with van der Waals surface area (Å²) in [6, 6.07) is 0. The maximum absolute atomic E-state index is 12.0. The molecule has 1 rings (SSSR count). The molecule has 16 heavy (non-hydrogen) atoms. The highest BCUT2D eigenvalue weighted by atomic mass is 19.4. The van der Waals surface area contributed by atoms with Gasteiger partial charge in [-0.05, 0) is 18.4 Å². The maximum atomic E-state index is 12.0. The molecule has 0 fully saturated rings. The highest BCUT2D eigenvalue weighted by Crippen LogP contribution is 2.25. The van der Waals surface area contributed by atoms with E-state index in [2.05, 4.69) is 9.73 Å². The van der Waals surface area contributed by atoms with Gasteiger partial charge in [-0.15, -0.1) is 0 Å². The number of hydrogen-bond donors (Lipinski definition) is 1.